The lowest BCUT2D eigenvalue weighted by atomic mass is 10.1. The Morgan fingerprint density at radius 3 is 2.61 bits per heavy atom. The molecule has 0 aliphatic heterocycles. The van der Waals surface area contributed by atoms with Crippen molar-refractivity contribution in [3.05, 3.63) is 50.6 Å². The summed E-state index contributed by atoms with van der Waals surface area (Å²) in [5, 5.41) is 5.56. The van der Waals surface area contributed by atoms with Crippen molar-refractivity contribution in [2.24, 2.45) is 0 Å². The van der Waals surface area contributed by atoms with Gasteiger partial charge in [-0.2, -0.15) is 0 Å². The summed E-state index contributed by atoms with van der Waals surface area (Å²) in [5.74, 6) is 0. The van der Waals surface area contributed by atoms with E-state index in [1.807, 2.05) is 0 Å². The fourth-order valence-corrected chi connectivity index (χ4v) is 3.20. The SMILES string of the molecule is CCCCc1ccc(NCc2cc(Br)cs2)cc1. The minimum absolute atomic E-state index is 0.893. The Labute approximate surface area is 121 Å². The second-order valence-corrected chi connectivity index (χ2v) is 6.30. The molecule has 2 rings (SSSR count). The van der Waals surface area contributed by atoms with Crippen LogP contribution in [0.5, 0.6) is 0 Å². The minimum Gasteiger partial charge on any atom is -0.380 e. The molecular formula is C15H18BrNS. The summed E-state index contributed by atoms with van der Waals surface area (Å²) in [6, 6.07) is 11.0. The number of aryl methyl sites for hydroxylation is 1. The van der Waals surface area contributed by atoms with Crippen molar-refractivity contribution >= 4 is 33.0 Å². The molecule has 0 spiro atoms. The maximum atomic E-state index is 3.47. The Bertz CT molecular complexity index is 475. The highest BCUT2D eigenvalue weighted by Crippen LogP contribution is 2.21. The molecule has 0 saturated carbocycles. The van der Waals surface area contributed by atoms with Crippen LogP contribution in [0.4, 0.5) is 5.69 Å². The van der Waals surface area contributed by atoms with E-state index >= 15 is 0 Å². The summed E-state index contributed by atoms with van der Waals surface area (Å²) < 4.78 is 1.17. The molecule has 0 amide bonds. The van der Waals surface area contributed by atoms with Gasteiger partial charge in [0.1, 0.15) is 0 Å². The van der Waals surface area contributed by atoms with Gasteiger partial charge in [0.25, 0.3) is 0 Å². The molecule has 0 bridgehead atoms. The molecule has 1 heterocycles. The second kappa shape index (κ2) is 6.95. The standard InChI is InChI=1S/C15H18BrNS/c1-2-3-4-12-5-7-14(8-6-12)17-10-15-9-13(16)11-18-15/h5-9,11,17H,2-4,10H2,1H3. The molecule has 18 heavy (non-hydrogen) atoms. The van der Waals surface area contributed by atoms with Crippen LogP contribution >= 0.6 is 27.3 Å². The molecule has 0 aliphatic carbocycles. The van der Waals surface area contributed by atoms with Gasteiger partial charge in [-0.15, -0.1) is 11.3 Å². The van der Waals surface area contributed by atoms with Gasteiger partial charge < -0.3 is 5.32 Å². The summed E-state index contributed by atoms with van der Waals surface area (Å²) >= 11 is 5.25. The van der Waals surface area contributed by atoms with Crippen LogP contribution in [0.25, 0.3) is 0 Å². The van der Waals surface area contributed by atoms with E-state index < -0.39 is 0 Å². The van der Waals surface area contributed by atoms with Crippen LogP contribution in [-0.4, -0.2) is 0 Å². The number of nitrogens with one attached hydrogen (secondary N) is 1. The number of rotatable bonds is 6. The van der Waals surface area contributed by atoms with Crippen LogP contribution in [-0.2, 0) is 13.0 Å². The van der Waals surface area contributed by atoms with Crippen LogP contribution in [0.15, 0.2) is 40.2 Å². The van der Waals surface area contributed by atoms with E-state index in [1.54, 1.807) is 11.3 Å². The van der Waals surface area contributed by atoms with Gasteiger partial charge in [0.2, 0.25) is 0 Å². The summed E-state index contributed by atoms with van der Waals surface area (Å²) in [5.41, 5.74) is 2.63. The van der Waals surface area contributed by atoms with Crippen LogP contribution in [0, 0.1) is 0 Å². The smallest absolute Gasteiger partial charge is 0.0494 e. The molecule has 1 aromatic carbocycles. The number of thiophene rings is 1. The predicted molar refractivity (Wildman–Crippen MR) is 84.4 cm³/mol. The zero-order valence-corrected chi connectivity index (χ0v) is 13.0. The fourth-order valence-electron chi connectivity index (χ4n) is 1.81. The van der Waals surface area contributed by atoms with Gasteiger partial charge in [-0.05, 0) is 52.5 Å². The quantitative estimate of drug-likeness (QED) is 0.743. The van der Waals surface area contributed by atoms with Crippen molar-refractivity contribution in [3.8, 4) is 0 Å². The van der Waals surface area contributed by atoms with E-state index in [4.69, 9.17) is 0 Å². The summed E-state index contributed by atoms with van der Waals surface area (Å²) in [6.45, 7) is 3.12. The van der Waals surface area contributed by atoms with Crippen LogP contribution in [0.3, 0.4) is 0 Å². The Balaban J connectivity index is 1.86. The molecule has 0 fully saturated rings. The number of anilines is 1. The van der Waals surface area contributed by atoms with Gasteiger partial charge in [-0.25, -0.2) is 0 Å². The van der Waals surface area contributed by atoms with Crippen LogP contribution < -0.4 is 5.32 Å². The van der Waals surface area contributed by atoms with Crippen LogP contribution in [0.1, 0.15) is 30.2 Å². The van der Waals surface area contributed by atoms with Gasteiger partial charge in [-0.1, -0.05) is 25.5 Å². The number of hydrogen-bond donors (Lipinski definition) is 1. The lowest BCUT2D eigenvalue weighted by molar-refractivity contribution is 0.795. The molecule has 0 radical (unpaired) electrons. The Morgan fingerprint density at radius 2 is 2.00 bits per heavy atom. The average Bonchev–Trinajstić information content (AvgIpc) is 2.81. The Hall–Kier alpha value is -0.800. The van der Waals surface area contributed by atoms with E-state index in [9.17, 15) is 0 Å². The summed E-state index contributed by atoms with van der Waals surface area (Å²) in [7, 11) is 0. The fraction of sp³-hybridized carbons (Fsp3) is 0.333. The summed E-state index contributed by atoms with van der Waals surface area (Å²) in [4.78, 5) is 1.34. The van der Waals surface area contributed by atoms with Gasteiger partial charge in [-0.3, -0.25) is 0 Å². The van der Waals surface area contributed by atoms with Gasteiger partial charge >= 0.3 is 0 Å². The monoisotopic (exact) mass is 323 g/mol. The molecule has 0 aliphatic rings. The highest BCUT2D eigenvalue weighted by molar-refractivity contribution is 9.10. The first kappa shape index (κ1) is 13.6. The molecule has 2 aromatic rings. The number of hydrogen-bond acceptors (Lipinski definition) is 2. The van der Waals surface area contributed by atoms with Crippen molar-refractivity contribution in [2.45, 2.75) is 32.7 Å². The Morgan fingerprint density at radius 1 is 1.22 bits per heavy atom. The lowest BCUT2D eigenvalue weighted by Gasteiger charge is -2.06. The maximum Gasteiger partial charge on any atom is 0.0494 e. The number of halogens is 1. The molecule has 1 nitrogen and oxygen atoms in total. The maximum absolute atomic E-state index is 3.47. The Kier molecular flexibility index (Phi) is 5.26. The molecule has 0 saturated heterocycles. The molecule has 96 valence electrons. The zero-order valence-electron chi connectivity index (χ0n) is 10.6. The van der Waals surface area contributed by atoms with Crippen LogP contribution in [0.2, 0.25) is 0 Å². The van der Waals surface area contributed by atoms with Crippen molar-refractivity contribution in [3.63, 3.8) is 0 Å². The average molecular weight is 324 g/mol. The second-order valence-electron chi connectivity index (χ2n) is 4.39. The molecule has 1 N–H and O–H groups in total. The largest absolute Gasteiger partial charge is 0.380 e. The first-order chi connectivity index (χ1) is 8.78. The molecule has 3 heteroatoms. The third-order valence-electron chi connectivity index (χ3n) is 2.86. The van der Waals surface area contributed by atoms with Gasteiger partial charge in [0.15, 0.2) is 0 Å². The molecule has 0 unspecified atom stereocenters. The third kappa shape index (κ3) is 4.14. The van der Waals surface area contributed by atoms with Crippen molar-refractivity contribution in [2.75, 3.05) is 5.32 Å². The van der Waals surface area contributed by atoms with E-state index in [0.717, 1.165) is 6.54 Å². The van der Waals surface area contributed by atoms with E-state index in [-0.39, 0.29) is 0 Å². The van der Waals surface area contributed by atoms with Crippen molar-refractivity contribution in [1.29, 1.82) is 0 Å². The normalized spacial score (nSPS) is 10.6. The topological polar surface area (TPSA) is 12.0 Å². The van der Waals surface area contributed by atoms with Crippen molar-refractivity contribution < 1.29 is 0 Å². The number of benzene rings is 1. The molecule has 1 aromatic heterocycles. The van der Waals surface area contributed by atoms with Gasteiger partial charge in [0.05, 0.1) is 0 Å². The first-order valence-corrected chi connectivity index (χ1v) is 8.01. The van der Waals surface area contributed by atoms with E-state index in [1.165, 1.54) is 39.9 Å². The van der Waals surface area contributed by atoms with E-state index in [2.05, 4.69) is 63.9 Å². The highest BCUT2D eigenvalue weighted by Gasteiger charge is 1.98. The third-order valence-corrected chi connectivity index (χ3v) is 4.56. The van der Waals surface area contributed by atoms with E-state index in [0.29, 0.717) is 0 Å². The number of unbranched alkanes of at least 4 members (excludes halogenated alkanes) is 1. The highest BCUT2D eigenvalue weighted by atomic mass is 79.9. The summed E-state index contributed by atoms with van der Waals surface area (Å²) in [6.07, 6.45) is 3.72. The minimum atomic E-state index is 0.893. The van der Waals surface area contributed by atoms with Gasteiger partial charge in [0, 0.05) is 27.0 Å². The lowest BCUT2D eigenvalue weighted by Crippen LogP contribution is -1.97. The first-order valence-electron chi connectivity index (χ1n) is 6.33. The van der Waals surface area contributed by atoms with Crippen molar-refractivity contribution in [1.82, 2.24) is 0 Å². The predicted octanol–water partition coefficient (Wildman–Crippen LogP) is 5.47. The zero-order chi connectivity index (χ0) is 12.8. The molecular weight excluding hydrogens is 306 g/mol. The molecule has 0 atom stereocenters.